The standard InChI is InChI=1S/C26H30N8O2/c1-3-26(36)11-10-17-4-9-21(29-22(17)26)34-23-20(24(35)31-34)16-27-25(30-23)28-18-5-7-19(8-6-18)33-14-12-32(2)13-15-33/h4-9,16,36H,3,10-15H2,1-2H3,(H,31,35)(H,27,28,30). The Morgan fingerprint density at radius 2 is 1.86 bits per heavy atom. The zero-order valence-corrected chi connectivity index (χ0v) is 20.5. The predicted molar refractivity (Wildman–Crippen MR) is 139 cm³/mol. The van der Waals surface area contributed by atoms with Gasteiger partial charge < -0.3 is 20.2 Å². The third kappa shape index (κ3) is 3.92. The van der Waals surface area contributed by atoms with Crippen molar-refractivity contribution >= 4 is 28.4 Å². The molecule has 6 rings (SSSR count). The number of aryl methyl sites for hydroxylation is 1. The Hall–Kier alpha value is -3.76. The molecule has 0 amide bonds. The van der Waals surface area contributed by atoms with Crippen LogP contribution in [0.3, 0.4) is 0 Å². The molecular weight excluding hydrogens is 456 g/mol. The summed E-state index contributed by atoms with van der Waals surface area (Å²) >= 11 is 0. The third-order valence-electron chi connectivity index (χ3n) is 7.46. The Labute approximate surface area is 208 Å². The largest absolute Gasteiger partial charge is 0.384 e. The lowest BCUT2D eigenvalue weighted by molar-refractivity contribution is 0.0306. The van der Waals surface area contributed by atoms with Crippen LogP contribution in [0.2, 0.25) is 0 Å². The van der Waals surface area contributed by atoms with Crippen LogP contribution in [-0.2, 0) is 12.0 Å². The molecular formula is C26H30N8O2. The lowest BCUT2D eigenvalue weighted by Gasteiger charge is -2.34. The van der Waals surface area contributed by atoms with Gasteiger partial charge in [0.2, 0.25) is 5.95 Å². The van der Waals surface area contributed by atoms with E-state index in [2.05, 4.69) is 49.4 Å². The van der Waals surface area contributed by atoms with Crippen molar-refractivity contribution in [3.8, 4) is 5.82 Å². The molecule has 1 saturated heterocycles. The van der Waals surface area contributed by atoms with Gasteiger partial charge in [-0.25, -0.2) is 14.6 Å². The van der Waals surface area contributed by atoms with Crippen LogP contribution in [0, 0.1) is 0 Å². The Balaban J connectivity index is 1.29. The summed E-state index contributed by atoms with van der Waals surface area (Å²) in [6, 6.07) is 12.0. The van der Waals surface area contributed by atoms with Crippen molar-refractivity contribution in [2.24, 2.45) is 0 Å². The van der Waals surface area contributed by atoms with E-state index in [0.29, 0.717) is 41.3 Å². The molecule has 10 heteroatoms. The van der Waals surface area contributed by atoms with Gasteiger partial charge in [-0.2, -0.15) is 4.98 Å². The number of anilines is 3. The SMILES string of the molecule is CCC1(O)CCc2ccc(-n3[nH]c(=O)c4cnc(Nc5ccc(N6CCN(C)CC6)cc5)nc43)nc21. The number of fused-ring (bicyclic) bond motifs is 2. The fourth-order valence-corrected chi connectivity index (χ4v) is 5.10. The first kappa shape index (κ1) is 22.7. The number of piperazine rings is 1. The minimum Gasteiger partial charge on any atom is -0.384 e. The number of rotatable bonds is 5. The highest BCUT2D eigenvalue weighted by atomic mass is 16.3. The lowest BCUT2D eigenvalue weighted by atomic mass is 9.98. The van der Waals surface area contributed by atoms with Crippen molar-refractivity contribution in [1.29, 1.82) is 0 Å². The average molecular weight is 487 g/mol. The van der Waals surface area contributed by atoms with Gasteiger partial charge in [0.15, 0.2) is 11.5 Å². The minimum atomic E-state index is -0.938. The first-order valence-electron chi connectivity index (χ1n) is 12.4. The van der Waals surface area contributed by atoms with Crippen LogP contribution in [-0.4, -0.2) is 68.0 Å². The molecule has 3 N–H and O–H groups in total. The molecule has 186 valence electrons. The smallest absolute Gasteiger partial charge is 0.275 e. The summed E-state index contributed by atoms with van der Waals surface area (Å²) in [6.07, 6.45) is 3.55. The van der Waals surface area contributed by atoms with Crippen molar-refractivity contribution in [3.05, 3.63) is 64.2 Å². The van der Waals surface area contributed by atoms with Crippen molar-refractivity contribution in [2.45, 2.75) is 31.8 Å². The van der Waals surface area contributed by atoms with E-state index >= 15 is 0 Å². The summed E-state index contributed by atoms with van der Waals surface area (Å²) in [5.41, 5.74) is 2.97. The monoisotopic (exact) mass is 486 g/mol. The first-order chi connectivity index (χ1) is 17.4. The maximum Gasteiger partial charge on any atom is 0.275 e. The molecule has 3 aromatic heterocycles. The normalized spacial score (nSPS) is 20.1. The van der Waals surface area contributed by atoms with E-state index in [0.717, 1.165) is 43.9 Å². The van der Waals surface area contributed by atoms with Crippen LogP contribution < -0.4 is 15.8 Å². The summed E-state index contributed by atoms with van der Waals surface area (Å²) < 4.78 is 1.57. The van der Waals surface area contributed by atoms with Crippen LogP contribution in [0.25, 0.3) is 16.9 Å². The topological polar surface area (TPSA) is 115 Å². The highest BCUT2D eigenvalue weighted by Crippen LogP contribution is 2.38. The van der Waals surface area contributed by atoms with E-state index in [1.54, 1.807) is 4.68 Å². The summed E-state index contributed by atoms with van der Waals surface area (Å²) in [7, 11) is 2.15. The first-order valence-corrected chi connectivity index (χ1v) is 12.4. The summed E-state index contributed by atoms with van der Waals surface area (Å²) in [6.45, 7) is 6.10. The van der Waals surface area contributed by atoms with Gasteiger partial charge in [-0.05, 0) is 62.2 Å². The maximum absolute atomic E-state index is 12.6. The van der Waals surface area contributed by atoms with Crippen molar-refractivity contribution in [3.63, 3.8) is 0 Å². The molecule has 0 radical (unpaired) electrons. The fraction of sp³-hybridized carbons (Fsp3) is 0.385. The highest BCUT2D eigenvalue weighted by molar-refractivity contribution is 5.76. The number of likely N-dealkylation sites (N-methyl/N-ethyl adjacent to an activating group) is 1. The Kier molecular flexibility index (Phi) is 5.50. The third-order valence-corrected chi connectivity index (χ3v) is 7.46. The number of hydrogen-bond donors (Lipinski definition) is 3. The minimum absolute atomic E-state index is 0.291. The van der Waals surface area contributed by atoms with Gasteiger partial charge in [0.1, 0.15) is 11.0 Å². The zero-order chi connectivity index (χ0) is 24.9. The van der Waals surface area contributed by atoms with E-state index in [1.807, 2.05) is 31.2 Å². The lowest BCUT2D eigenvalue weighted by Crippen LogP contribution is -2.44. The molecule has 0 spiro atoms. The molecule has 1 aliphatic heterocycles. The van der Waals surface area contributed by atoms with E-state index in [9.17, 15) is 9.90 Å². The van der Waals surface area contributed by atoms with E-state index in [1.165, 1.54) is 11.9 Å². The van der Waals surface area contributed by atoms with E-state index in [4.69, 9.17) is 4.98 Å². The van der Waals surface area contributed by atoms with Crippen LogP contribution in [0.4, 0.5) is 17.3 Å². The average Bonchev–Trinajstić information content (AvgIpc) is 3.41. The second-order valence-electron chi connectivity index (χ2n) is 9.73. The van der Waals surface area contributed by atoms with Crippen LogP contribution >= 0.6 is 0 Å². The fourth-order valence-electron chi connectivity index (χ4n) is 5.10. The molecule has 1 unspecified atom stereocenters. The molecule has 0 saturated carbocycles. The quantitative estimate of drug-likeness (QED) is 0.394. The highest BCUT2D eigenvalue weighted by Gasteiger charge is 2.37. The van der Waals surface area contributed by atoms with Crippen molar-refractivity contribution in [2.75, 3.05) is 43.4 Å². The molecule has 1 aromatic carbocycles. The number of H-pyrrole nitrogens is 1. The Bertz CT molecular complexity index is 1470. The molecule has 10 nitrogen and oxygen atoms in total. The van der Waals surface area contributed by atoms with Gasteiger partial charge in [-0.3, -0.25) is 9.89 Å². The molecule has 4 aromatic rings. The van der Waals surface area contributed by atoms with E-state index in [-0.39, 0.29) is 5.56 Å². The number of aromatic amines is 1. The summed E-state index contributed by atoms with van der Waals surface area (Å²) in [5.74, 6) is 0.893. The summed E-state index contributed by atoms with van der Waals surface area (Å²) in [5, 5.41) is 17.4. The van der Waals surface area contributed by atoms with Crippen LogP contribution in [0.1, 0.15) is 31.0 Å². The molecule has 0 bridgehead atoms. The Morgan fingerprint density at radius 3 is 2.61 bits per heavy atom. The second kappa shape index (κ2) is 8.72. The number of nitrogens with zero attached hydrogens (tertiary/aromatic N) is 6. The number of aliphatic hydroxyl groups is 1. The van der Waals surface area contributed by atoms with E-state index < -0.39 is 5.60 Å². The number of pyridine rings is 1. The zero-order valence-electron chi connectivity index (χ0n) is 20.5. The van der Waals surface area contributed by atoms with Gasteiger partial charge in [-0.15, -0.1) is 0 Å². The molecule has 1 atom stereocenters. The molecule has 4 heterocycles. The van der Waals surface area contributed by atoms with Crippen molar-refractivity contribution in [1.82, 2.24) is 29.6 Å². The molecule has 2 aliphatic rings. The summed E-state index contributed by atoms with van der Waals surface area (Å²) in [4.78, 5) is 31.0. The second-order valence-corrected chi connectivity index (χ2v) is 9.73. The van der Waals surface area contributed by atoms with Crippen LogP contribution in [0.15, 0.2) is 47.4 Å². The van der Waals surface area contributed by atoms with Crippen molar-refractivity contribution < 1.29 is 5.11 Å². The predicted octanol–water partition coefficient (Wildman–Crippen LogP) is 2.54. The van der Waals surface area contributed by atoms with Gasteiger partial charge >= 0.3 is 0 Å². The molecule has 1 fully saturated rings. The van der Waals surface area contributed by atoms with Crippen LogP contribution in [0.5, 0.6) is 0 Å². The Morgan fingerprint density at radius 1 is 1.08 bits per heavy atom. The number of nitrogens with one attached hydrogen (secondary N) is 2. The number of hydrogen-bond acceptors (Lipinski definition) is 8. The number of aromatic nitrogens is 5. The maximum atomic E-state index is 12.6. The molecule has 1 aliphatic carbocycles. The number of benzene rings is 1. The van der Waals surface area contributed by atoms with Gasteiger partial charge in [0.05, 0.1) is 5.69 Å². The van der Waals surface area contributed by atoms with Gasteiger partial charge in [0, 0.05) is 43.8 Å². The van der Waals surface area contributed by atoms with Gasteiger partial charge in [0.25, 0.3) is 5.56 Å². The van der Waals surface area contributed by atoms with Gasteiger partial charge in [-0.1, -0.05) is 13.0 Å². The molecule has 36 heavy (non-hydrogen) atoms.